The fourth-order valence-electron chi connectivity index (χ4n) is 3.33. The summed E-state index contributed by atoms with van der Waals surface area (Å²) >= 11 is 0. The van der Waals surface area contributed by atoms with E-state index >= 15 is 0 Å². The Hall–Kier alpha value is -1.52. The van der Waals surface area contributed by atoms with Crippen LogP contribution in [0.2, 0.25) is 0 Å². The summed E-state index contributed by atoms with van der Waals surface area (Å²) < 4.78 is 85.3. The van der Waals surface area contributed by atoms with Gasteiger partial charge in [0.2, 0.25) is 0 Å². The molecule has 1 heterocycles. The highest BCUT2D eigenvalue weighted by Gasteiger charge is 2.42. The van der Waals surface area contributed by atoms with Crippen molar-refractivity contribution in [1.29, 1.82) is 0 Å². The molecule has 1 aliphatic rings. The van der Waals surface area contributed by atoms with Crippen molar-refractivity contribution in [3.05, 3.63) is 28.8 Å². The van der Waals surface area contributed by atoms with E-state index < -0.39 is 35.3 Å². The van der Waals surface area contributed by atoms with E-state index in [9.17, 15) is 26.3 Å². The lowest BCUT2D eigenvalue weighted by atomic mass is 9.91. The lowest BCUT2D eigenvalue weighted by Gasteiger charge is -2.37. The van der Waals surface area contributed by atoms with E-state index in [0.717, 1.165) is 7.11 Å². The second-order valence-electron chi connectivity index (χ2n) is 6.30. The quantitative estimate of drug-likeness (QED) is 0.718. The summed E-state index contributed by atoms with van der Waals surface area (Å²) in [7, 11) is 1.06. The molecule has 0 radical (unpaired) electrons. The molecule has 2 rings (SSSR count). The van der Waals surface area contributed by atoms with Crippen molar-refractivity contribution in [3.8, 4) is 5.75 Å². The van der Waals surface area contributed by atoms with E-state index in [1.165, 1.54) is 0 Å². The molecule has 1 saturated heterocycles. The Morgan fingerprint density at radius 2 is 1.74 bits per heavy atom. The van der Waals surface area contributed by atoms with Crippen molar-refractivity contribution in [2.45, 2.75) is 31.2 Å². The first-order valence-electron chi connectivity index (χ1n) is 8.51. The van der Waals surface area contributed by atoms with Crippen molar-refractivity contribution in [3.63, 3.8) is 0 Å². The van der Waals surface area contributed by atoms with Crippen LogP contribution < -0.4 is 10.1 Å². The van der Waals surface area contributed by atoms with Gasteiger partial charge in [-0.2, -0.15) is 26.3 Å². The van der Waals surface area contributed by atoms with Crippen LogP contribution in [0, 0.1) is 0 Å². The molecule has 1 aromatic carbocycles. The minimum absolute atomic E-state index is 0.145. The van der Waals surface area contributed by atoms with Crippen LogP contribution in [-0.4, -0.2) is 49.9 Å². The van der Waals surface area contributed by atoms with Gasteiger partial charge in [-0.25, -0.2) is 0 Å². The number of benzene rings is 1. The lowest BCUT2D eigenvalue weighted by Crippen LogP contribution is -2.45. The van der Waals surface area contributed by atoms with Gasteiger partial charge in [0, 0.05) is 44.4 Å². The number of hydrogen-bond acceptors (Lipinski definition) is 4. The number of aliphatic hydroxyl groups excluding tert-OH is 1. The number of aliphatic hydroxyl groups is 1. The summed E-state index contributed by atoms with van der Waals surface area (Å²) in [4.78, 5) is 1.78. The number of alkyl halides is 6. The Morgan fingerprint density at radius 1 is 1.11 bits per heavy atom. The molecular weight excluding hydrogens is 378 g/mol. The van der Waals surface area contributed by atoms with Crippen LogP contribution in [0.4, 0.5) is 26.3 Å². The van der Waals surface area contributed by atoms with E-state index in [1.807, 2.05) is 0 Å². The molecule has 1 atom stereocenters. The van der Waals surface area contributed by atoms with Crippen molar-refractivity contribution in [1.82, 2.24) is 10.2 Å². The third kappa shape index (κ3) is 5.26. The third-order valence-electron chi connectivity index (χ3n) is 4.56. The summed E-state index contributed by atoms with van der Waals surface area (Å²) in [6, 6.07) is -0.0573. The van der Waals surface area contributed by atoms with Gasteiger partial charge in [-0.15, -0.1) is 0 Å². The van der Waals surface area contributed by atoms with Gasteiger partial charge < -0.3 is 15.2 Å². The van der Waals surface area contributed by atoms with Crippen LogP contribution in [0.25, 0.3) is 0 Å². The molecule has 27 heavy (non-hydrogen) atoms. The zero-order chi connectivity index (χ0) is 20.2. The van der Waals surface area contributed by atoms with Gasteiger partial charge in [-0.1, -0.05) is 0 Å². The zero-order valence-electron chi connectivity index (χ0n) is 14.8. The Labute approximate surface area is 153 Å². The lowest BCUT2D eigenvalue weighted by molar-refractivity contribution is -0.144. The number of halogens is 6. The number of rotatable bonds is 6. The Kier molecular flexibility index (Phi) is 6.98. The zero-order valence-corrected chi connectivity index (χ0v) is 14.8. The van der Waals surface area contributed by atoms with Crippen molar-refractivity contribution in [2.75, 3.05) is 39.9 Å². The smallest absolute Gasteiger partial charge is 0.416 e. The molecular formula is C17H22F6N2O2. The fraction of sp³-hybridized carbons (Fsp3) is 0.647. The van der Waals surface area contributed by atoms with Gasteiger partial charge in [0.15, 0.2) is 0 Å². The fourth-order valence-corrected chi connectivity index (χ4v) is 3.33. The minimum atomic E-state index is -4.98. The van der Waals surface area contributed by atoms with Crippen LogP contribution in [0.3, 0.4) is 0 Å². The first-order valence-corrected chi connectivity index (χ1v) is 8.51. The third-order valence-corrected chi connectivity index (χ3v) is 4.56. The number of ether oxygens (including phenoxy) is 1. The van der Waals surface area contributed by atoms with Gasteiger partial charge >= 0.3 is 12.4 Å². The van der Waals surface area contributed by atoms with E-state index in [0.29, 0.717) is 32.2 Å². The molecule has 154 valence electrons. The SMILES string of the molecule is COc1cc(C(F)(F)F)cc(C(F)(F)F)c1[C@@H](CCCO)N1CCNCC1. The van der Waals surface area contributed by atoms with Crippen molar-refractivity contribution < 1.29 is 36.2 Å². The van der Waals surface area contributed by atoms with Gasteiger partial charge in [0.05, 0.1) is 18.2 Å². The summed E-state index contributed by atoms with van der Waals surface area (Å²) in [5.41, 5.74) is -3.07. The first-order chi connectivity index (χ1) is 12.6. The van der Waals surface area contributed by atoms with Gasteiger partial charge in [-0.3, -0.25) is 4.90 Å². The van der Waals surface area contributed by atoms with Gasteiger partial charge in [0.25, 0.3) is 0 Å². The van der Waals surface area contributed by atoms with Crippen LogP contribution in [-0.2, 0) is 12.4 Å². The van der Waals surface area contributed by atoms with Gasteiger partial charge in [0.1, 0.15) is 5.75 Å². The van der Waals surface area contributed by atoms with Crippen molar-refractivity contribution >= 4 is 0 Å². The molecule has 1 aliphatic heterocycles. The van der Waals surface area contributed by atoms with Gasteiger partial charge in [-0.05, 0) is 25.0 Å². The van der Waals surface area contributed by atoms with E-state index in [4.69, 9.17) is 9.84 Å². The maximum atomic E-state index is 13.7. The van der Waals surface area contributed by atoms with Crippen LogP contribution in [0.1, 0.15) is 35.6 Å². The summed E-state index contributed by atoms with van der Waals surface area (Å²) in [5, 5.41) is 12.2. The molecule has 0 aliphatic carbocycles. The Balaban J connectivity index is 2.64. The Bertz CT molecular complexity index is 627. The number of hydrogen-bond donors (Lipinski definition) is 2. The number of nitrogens with zero attached hydrogens (tertiary/aromatic N) is 1. The van der Waals surface area contributed by atoms with Crippen LogP contribution in [0.15, 0.2) is 12.1 Å². The average Bonchev–Trinajstić information content (AvgIpc) is 2.61. The standard InChI is InChI=1S/C17H22F6N2O2/c1-27-14-10-11(16(18,19)20)9-12(17(21,22)23)15(14)13(3-2-8-26)25-6-4-24-5-7-25/h9-10,13,24,26H,2-8H2,1H3/t13-/m1/s1. The maximum Gasteiger partial charge on any atom is 0.416 e. The normalized spacial score (nSPS) is 17.8. The molecule has 10 heteroatoms. The highest BCUT2D eigenvalue weighted by atomic mass is 19.4. The number of methoxy groups -OCH3 is 1. The number of nitrogens with one attached hydrogen (secondary N) is 1. The van der Waals surface area contributed by atoms with E-state index in [2.05, 4.69) is 5.32 Å². The summed E-state index contributed by atoms with van der Waals surface area (Å²) in [6.45, 7) is 1.77. The predicted octanol–water partition coefficient (Wildman–Crippen LogP) is 3.45. The monoisotopic (exact) mass is 400 g/mol. The molecule has 0 aromatic heterocycles. The van der Waals surface area contributed by atoms with E-state index in [-0.39, 0.29) is 31.1 Å². The summed E-state index contributed by atoms with van der Waals surface area (Å²) in [5.74, 6) is -0.446. The van der Waals surface area contributed by atoms with E-state index in [1.54, 1.807) is 4.90 Å². The molecule has 2 N–H and O–H groups in total. The second kappa shape index (κ2) is 8.66. The molecule has 1 fully saturated rings. The highest BCUT2D eigenvalue weighted by Crippen LogP contribution is 2.46. The highest BCUT2D eigenvalue weighted by molar-refractivity contribution is 5.48. The Morgan fingerprint density at radius 3 is 2.22 bits per heavy atom. The molecule has 0 unspecified atom stereocenters. The molecule has 0 spiro atoms. The van der Waals surface area contributed by atoms with Crippen LogP contribution in [0.5, 0.6) is 5.75 Å². The first kappa shape index (κ1) is 21.8. The molecule has 0 bridgehead atoms. The second-order valence-corrected chi connectivity index (χ2v) is 6.30. The molecule has 0 amide bonds. The summed E-state index contributed by atoms with van der Waals surface area (Å²) in [6.07, 6.45) is -9.52. The number of piperazine rings is 1. The average molecular weight is 400 g/mol. The topological polar surface area (TPSA) is 44.7 Å². The minimum Gasteiger partial charge on any atom is -0.496 e. The van der Waals surface area contributed by atoms with Crippen molar-refractivity contribution in [2.24, 2.45) is 0 Å². The predicted molar refractivity (Wildman–Crippen MR) is 86.5 cm³/mol. The van der Waals surface area contributed by atoms with Crippen LogP contribution >= 0.6 is 0 Å². The largest absolute Gasteiger partial charge is 0.496 e. The molecule has 1 aromatic rings. The molecule has 4 nitrogen and oxygen atoms in total. The maximum absolute atomic E-state index is 13.7. The molecule has 0 saturated carbocycles.